The molecule has 0 radical (unpaired) electrons. The van der Waals surface area contributed by atoms with Gasteiger partial charge in [0.2, 0.25) is 5.91 Å². The topological polar surface area (TPSA) is 71.8 Å². The Morgan fingerprint density at radius 1 is 0.973 bits per heavy atom. The molecule has 6 heteroatoms. The van der Waals surface area contributed by atoms with Crippen LogP contribution < -0.4 is 15.0 Å². The number of carbonyl (C=O) groups is 2. The van der Waals surface area contributed by atoms with Crippen molar-refractivity contribution in [1.82, 2.24) is 0 Å². The maximum atomic E-state index is 14.4. The van der Waals surface area contributed by atoms with Crippen LogP contribution in [0.4, 0.5) is 11.4 Å². The van der Waals surface area contributed by atoms with Crippen molar-refractivity contribution in [1.29, 1.82) is 0 Å². The Kier molecular flexibility index (Phi) is 6.33. The van der Waals surface area contributed by atoms with E-state index < -0.39 is 6.04 Å². The lowest BCUT2D eigenvalue weighted by molar-refractivity contribution is -0.123. The summed E-state index contributed by atoms with van der Waals surface area (Å²) in [5.41, 5.74) is 3.95. The molecule has 2 atom stereocenters. The SMILES string of the molecule is COc1ccccc1[C@@H]1C2=C(C[C@H](c3ccco3)CC2=O)Nc2ccccc2N1C(=O)C1CCCCC1. The third-order valence-corrected chi connectivity index (χ3v) is 8.06. The highest BCUT2D eigenvalue weighted by Crippen LogP contribution is 2.49. The minimum atomic E-state index is -0.582. The van der Waals surface area contributed by atoms with Crippen molar-refractivity contribution in [2.45, 2.75) is 56.9 Å². The molecule has 6 rings (SSSR count). The van der Waals surface area contributed by atoms with Crippen molar-refractivity contribution >= 4 is 23.1 Å². The number of carbonyl (C=O) groups excluding carboxylic acids is 2. The molecule has 1 saturated carbocycles. The molecule has 0 spiro atoms. The number of allylic oxidation sites excluding steroid dienone is 1. The highest BCUT2D eigenvalue weighted by Gasteiger charge is 2.44. The average molecular weight is 497 g/mol. The van der Waals surface area contributed by atoms with E-state index in [1.807, 2.05) is 65.6 Å². The van der Waals surface area contributed by atoms with Crippen molar-refractivity contribution in [3.8, 4) is 5.75 Å². The van der Waals surface area contributed by atoms with Gasteiger partial charge >= 0.3 is 0 Å². The number of benzene rings is 2. The number of fused-ring (bicyclic) bond motifs is 1. The molecule has 1 amide bonds. The molecule has 190 valence electrons. The summed E-state index contributed by atoms with van der Waals surface area (Å²) in [5.74, 6) is 1.47. The van der Waals surface area contributed by atoms with Crippen LogP contribution in [0.3, 0.4) is 0 Å². The first-order valence-corrected chi connectivity index (χ1v) is 13.3. The second-order valence-electron chi connectivity index (χ2n) is 10.3. The zero-order valence-electron chi connectivity index (χ0n) is 21.1. The first kappa shape index (κ1) is 23.6. The molecular formula is C31H32N2O4. The fourth-order valence-corrected chi connectivity index (χ4v) is 6.29. The van der Waals surface area contributed by atoms with Crippen LogP contribution in [0.25, 0.3) is 0 Å². The van der Waals surface area contributed by atoms with Crippen molar-refractivity contribution in [2.75, 3.05) is 17.3 Å². The third-order valence-electron chi connectivity index (χ3n) is 8.06. The van der Waals surface area contributed by atoms with Gasteiger partial charge in [-0.15, -0.1) is 0 Å². The molecule has 0 saturated heterocycles. The number of nitrogens with zero attached hydrogens (tertiary/aromatic N) is 1. The summed E-state index contributed by atoms with van der Waals surface area (Å²) in [5, 5.41) is 3.59. The van der Waals surface area contributed by atoms with E-state index in [2.05, 4.69) is 5.32 Å². The highest BCUT2D eigenvalue weighted by atomic mass is 16.5. The van der Waals surface area contributed by atoms with Gasteiger partial charge in [0.15, 0.2) is 5.78 Å². The molecule has 37 heavy (non-hydrogen) atoms. The fourth-order valence-electron chi connectivity index (χ4n) is 6.29. The van der Waals surface area contributed by atoms with Gasteiger partial charge in [0.1, 0.15) is 11.5 Å². The van der Waals surface area contributed by atoms with E-state index in [1.165, 1.54) is 6.42 Å². The number of ether oxygens (including phenoxy) is 1. The Balaban J connectivity index is 1.56. The summed E-state index contributed by atoms with van der Waals surface area (Å²) in [6, 6.07) is 18.9. The van der Waals surface area contributed by atoms with Crippen molar-refractivity contribution in [3.05, 3.63) is 89.5 Å². The van der Waals surface area contributed by atoms with Gasteiger partial charge < -0.3 is 14.5 Å². The number of Topliss-reactive ketones (excluding diaryl/α,β-unsaturated/α-hetero) is 1. The molecule has 1 N–H and O–H groups in total. The first-order valence-electron chi connectivity index (χ1n) is 13.3. The Bertz CT molecular complexity index is 1340. The first-order chi connectivity index (χ1) is 18.2. The summed E-state index contributed by atoms with van der Waals surface area (Å²) in [4.78, 5) is 30.3. The number of methoxy groups -OCH3 is 1. The molecular weight excluding hydrogens is 464 g/mol. The van der Waals surface area contributed by atoms with Gasteiger partial charge in [-0.05, 0) is 49.6 Å². The van der Waals surface area contributed by atoms with Crippen LogP contribution in [-0.4, -0.2) is 18.8 Å². The molecule has 2 aliphatic carbocycles. The number of hydrogen-bond acceptors (Lipinski definition) is 5. The number of anilines is 2. The van der Waals surface area contributed by atoms with Gasteiger partial charge in [0.25, 0.3) is 0 Å². The van der Waals surface area contributed by atoms with Gasteiger partial charge in [-0.1, -0.05) is 49.6 Å². The van der Waals surface area contributed by atoms with E-state index >= 15 is 0 Å². The lowest BCUT2D eigenvalue weighted by Crippen LogP contribution is -2.42. The summed E-state index contributed by atoms with van der Waals surface area (Å²) >= 11 is 0. The largest absolute Gasteiger partial charge is 0.496 e. The molecule has 2 heterocycles. The number of nitrogens with one attached hydrogen (secondary N) is 1. The van der Waals surface area contributed by atoms with Gasteiger partial charge in [-0.25, -0.2) is 0 Å². The Morgan fingerprint density at radius 3 is 2.54 bits per heavy atom. The molecule has 2 aromatic carbocycles. The summed E-state index contributed by atoms with van der Waals surface area (Å²) in [6.07, 6.45) is 7.65. The monoisotopic (exact) mass is 496 g/mol. The van der Waals surface area contributed by atoms with E-state index in [0.717, 1.165) is 54.1 Å². The van der Waals surface area contributed by atoms with Crippen molar-refractivity contribution in [2.24, 2.45) is 5.92 Å². The van der Waals surface area contributed by atoms with Gasteiger partial charge in [-0.3, -0.25) is 14.5 Å². The zero-order valence-corrected chi connectivity index (χ0v) is 21.1. The normalized spacial score (nSPS) is 22.1. The van der Waals surface area contributed by atoms with Crippen LogP contribution >= 0.6 is 0 Å². The number of hydrogen-bond donors (Lipinski definition) is 1. The predicted molar refractivity (Wildman–Crippen MR) is 143 cm³/mol. The van der Waals surface area contributed by atoms with Crippen LogP contribution in [-0.2, 0) is 9.59 Å². The number of para-hydroxylation sites is 3. The summed E-state index contributed by atoms with van der Waals surface area (Å²) < 4.78 is 11.5. The Morgan fingerprint density at radius 2 is 1.76 bits per heavy atom. The van der Waals surface area contributed by atoms with E-state index in [-0.39, 0.29) is 23.5 Å². The molecule has 3 aliphatic rings. The minimum Gasteiger partial charge on any atom is -0.496 e. The molecule has 6 nitrogen and oxygen atoms in total. The van der Waals surface area contributed by atoms with Gasteiger partial charge in [0, 0.05) is 35.1 Å². The van der Waals surface area contributed by atoms with Crippen LogP contribution in [0.15, 0.2) is 82.6 Å². The maximum absolute atomic E-state index is 14.4. The number of rotatable bonds is 4. The smallest absolute Gasteiger partial charge is 0.231 e. The molecule has 1 fully saturated rings. The standard InChI is InChI=1S/C31H32N2O4/c1-36-28-15-8-5-12-22(28)30-29-24(18-21(19-26(29)34)27-16-9-17-37-27)32-23-13-6-7-14-25(23)33(30)31(35)20-10-3-2-4-11-20/h5-9,12-17,20-21,30,32H,2-4,10-11,18-19H2,1H3/t21-,30+/m0/s1. The third kappa shape index (κ3) is 4.24. The van der Waals surface area contributed by atoms with E-state index in [4.69, 9.17) is 9.15 Å². The minimum absolute atomic E-state index is 0.0281. The van der Waals surface area contributed by atoms with Crippen LogP contribution in [0.5, 0.6) is 5.75 Å². The van der Waals surface area contributed by atoms with Gasteiger partial charge in [-0.2, -0.15) is 0 Å². The Labute approximate surface area is 217 Å². The van der Waals surface area contributed by atoms with E-state index in [0.29, 0.717) is 24.2 Å². The van der Waals surface area contributed by atoms with Crippen LogP contribution in [0, 0.1) is 5.92 Å². The second kappa shape index (κ2) is 9.92. The quantitative estimate of drug-likeness (QED) is 0.432. The molecule has 1 aromatic heterocycles. The molecule has 1 aliphatic heterocycles. The van der Waals surface area contributed by atoms with Gasteiger partial charge in [0.05, 0.1) is 30.8 Å². The number of furan rings is 1. The maximum Gasteiger partial charge on any atom is 0.231 e. The van der Waals surface area contributed by atoms with E-state index in [9.17, 15) is 9.59 Å². The number of amides is 1. The predicted octanol–water partition coefficient (Wildman–Crippen LogP) is 6.77. The number of ketones is 1. The van der Waals surface area contributed by atoms with Crippen molar-refractivity contribution < 1.29 is 18.7 Å². The fraction of sp³-hybridized carbons (Fsp3) is 0.355. The zero-order chi connectivity index (χ0) is 25.4. The summed E-state index contributed by atoms with van der Waals surface area (Å²) in [7, 11) is 1.64. The average Bonchev–Trinajstić information content (AvgIpc) is 3.43. The highest BCUT2D eigenvalue weighted by molar-refractivity contribution is 6.07. The van der Waals surface area contributed by atoms with E-state index in [1.54, 1.807) is 13.4 Å². The summed E-state index contributed by atoms with van der Waals surface area (Å²) in [6.45, 7) is 0. The lowest BCUT2D eigenvalue weighted by atomic mass is 9.79. The van der Waals surface area contributed by atoms with Crippen LogP contribution in [0.2, 0.25) is 0 Å². The lowest BCUT2D eigenvalue weighted by Gasteiger charge is -2.37. The second-order valence-corrected chi connectivity index (χ2v) is 10.3. The molecule has 0 bridgehead atoms. The van der Waals surface area contributed by atoms with Crippen molar-refractivity contribution in [3.63, 3.8) is 0 Å². The molecule has 0 unspecified atom stereocenters. The Hall–Kier alpha value is -3.80. The molecule has 3 aromatic rings. The van der Waals surface area contributed by atoms with Crippen LogP contribution in [0.1, 0.15) is 68.2 Å².